The molecule has 6 nitrogen and oxygen atoms in total. The Hall–Kier alpha value is -1.21. The van der Waals surface area contributed by atoms with E-state index >= 15 is 0 Å². The minimum atomic E-state index is -0.344. The molecule has 3 atom stereocenters. The zero-order chi connectivity index (χ0) is 16.2. The predicted octanol–water partition coefficient (Wildman–Crippen LogP) is 1.74. The number of para-hydroxylation sites is 2. The van der Waals surface area contributed by atoms with Crippen molar-refractivity contribution in [1.82, 2.24) is 5.32 Å². The van der Waals surface area contributed by atoms with Crippen molar-refractivity contribution in [3.05, 3.63) is 24.3 Å². The molecule has 2 fully saturated rings. The number of carbonyl (C=O) groups excluding carboxylic acids is 1. The highest BCUT2D eigenvalue weighted by molar-refractivity contribution is 5.85. The van der Waals surface area contributed by atoms with Crippen LogP contribution in [0.25, 0.3) is 0 Å². The molecule has 1 aromatic rings. The third-order valence-electron chi connectivity index (χ3n) is 4.62. The van der Waals surface area contributed by atoms with Crippen LogP contribution >= 0.6 is 24.8 Å². The van der Waals surface area contributed by atoms with Gasteiger partial charge in [-0.25, -0.2) is 0 Å². The molecule has 8 heteroatoms. The molecule has 3 N–H and O–H groups in total. The van der Waals surface area contributed by atoms with Crippen molar-refractivity contribution in [2.75, 3.05) is 31.6 Å². The number of carbonyl (C=O) groups is 1. The van der Waals surface area contributed by atoms with Crippen LogP contribution in [-0.4, -0.2) is 50.9 Å². The molecule has 0 bridgehead atoms. The van der Waals surface area contributed by atoms with Crippen molar-refractivity contribution in [3.63, 3.8) is 0 Å². The third kappa shape index (κ3) is 5.14. The molecule has 1 amide bonds. The van der Waals surface area contributed by atoms with E-state index in [9.17, 15) is 4.79 Å². The lowest BCUT2D eigenvalue weighted by molar-refractivity contribution is -0.132. The number of nitrogens with zero attached hydrogens (tertiary/aromatic N) is 1. The van der Waals surface area contributed by atoms with Crippen LogP contribution in [0, 0.1) is 0 Å². The first-order valence-electron chi connectivity index (χ1n) is 8.25. The molecule has 2 aliphatic heterocycles. The van der Waals surface area contributed by atoms with Crippen LogP contribution < -0.4 is 20.7 Å². The number of nitrogens with one attached hydrogen (secondary N) is 1. The molecule has 2 saturated heterocycles. The third-order valence-corrected chi connectivity index (χ3v) is 4.62. The van der Waals surface area contributed by atoms with Gasteiger partial charge in [0, 0.05) is 25.7 Å². The Balaban J connectivity index is 0.00000156. The summed E-state index contributed by atoms with van der Waals surface area (Å²) in [4.78, 5) is 14.6. The molecule has 0 saturated carbocycles. The Bertz CT molecular complexity index is 562. The summed E-state index contributed by atoms with van der Waals surface area (Å²) in [5.41, 5.74) is 6.67. The van der Waals surface area contributed by atoms with Gasteiger partial charge in [-0.3, -0.25) is 4.79 Å². The molecule has 0 spiro atoms. The second kappa shape index (κ2) is 10.1. The van der Waals surface area contributed by atoms with E-state index in [1.54, 1.807) is 7.11 Å². The van der Waals surface area contributed by atoms with Crippen LogP contribution in [-0.2, 0) is 9.53 Å². The van der Waals surface area contributed by atoms with Gasteiger partial charge in [0.05, 0.1) is 18.9 Å². The number of hydrogen-bond acceptors (Lipinski definition) is 5. The van der Waals surface area contributed by atoms with E-state index in [0.29, 0.717) is 6.54 Å². The Morgan fingerprint density at radius 1 is 1.32 bits per heavy atom. The molecular formula is C17H27Cl2N3O3. The van der Waals surface area contributed by atoms with E-state index < -0.39 is 0 Å². The van der Waals surface area contributed by atoms with Gasteiger partial charge in [0.2, 0.25) is 5.91 Å². The fourth-order valence-corrected chi connectivity index (χ4v) is 3.35. The topological polar surface area (TPSA) is 76.8 Å². The van der Waals surface area contributed by atoms with Gasteiger partial charge in [-0.2, -0.15) is 0 Å². The monoisotopic (exact) mass is 391 g/mol. The summed E-state index contributed by atoms with van der Waals surface area (Å²) in [5, 5.41) is 3.12. The van der Waals surface area contributed by atoms with Crippen molar-refractivity contribution in [1.29, 1.82) is 0 Å². The zero-order valence-corrected chi connectivity index (χ0v) is 16.0. The van der Waals surface area contributed by atoms with Gasteiger partial charge in [-0.05, 0) is 31.4 Å². The van der Waals surface area contributed by atoms with E-state index in [-0.39, 0.29) is 49.0 Å². The molecule has 0 radical (unpaired) electrons. The number of rotatable bonds is 5. The first kappa shape index (κ1) is 21.8. The lowest BCUT2D eigenvalue weighted by atomic mass is 10.1. The van der Waals surface area contributed by atoms with Gasteiger partial charge in [-0.1, -0.05) is 12.1 Å². The summed E-state index contributed by atoms with van der Waals surface area (Å²) in [5.74, 6) is 0.859. The smallest absolute Gasteiger partial charge is 0.249 e. The van der Waals surface area contributed by atoms with Crippen LogP contribution in [0.3, 0.4) is 0 Å². The first-order valence-corrected chi connectivity index (χ1v) is 8.25. The maximum Gasteiger partial charge on any atom is 0.249 e. The van der Waals surface area contributed by atoms with Crippen molar-refractivity contribution in [3.8, 4) is 5.75 Å². The van der Waals surface area contributed by atoms with E-state index in [4.69, 9.17) is 15.2 Å². The van der Waals surface area contributed by atoms with E-state index in [2.05, 4.69) is 16.3 Å². The minimum absolute atomic E-state index is 0. The van der Waals surface area contributed by atoms with Crippen molar-refractivity contribution in [2.45, 2.75) is 37.5 Å². The quantitative estimate of drug-likeness (QED) is 0.799. The molecule has 3 rings (SSSR count). The molecule has 1 aromatic carbocycles. The molecule has 142 valence electrons. The summed E-state index contributed by atoms with van der Waals surface area (Å²) in [7, 11) is 1.68. The number of benzene rings is 1. The largest absolute Gasteiger partial charge is 0.495 e. The van der Waals surface area contributed by atoms with Crippen molar-refractivity contribution < 1.29 is 14.3 Å². The molecule has 2 heterocycles. The van der Waals surface area contributed by atoms with Crippen LogP contribution in [0.2, 0.25) is 0 Å². The summed E-state index contributed by atoms with van der Waals surface area (Å²) in [6.07, 6.45) is 2.24. The first-order chi connectivity index (χ1) is 11.2. The fourth-order valence-electron chi connectivity index (χ4n) is 3.35. The SMILES string of the molecule is COc1ccccc1N1CCC(NC(=O)[C@@H]2CC[C@H](CN)O2)C1.Cl.Cl. The molecule has 0 aliphatic carbocycles. The highest BCUT2D eigenvalue weighted by Gasteiger charge is 2.33. The summed E-state index contributed by atoms with van der Waals surface area (Å²) >= 11 is 0. The number of methoxy groups -OCH3 is 1. The van der Waals surface area contributed by atoms with Gasteiger partial charge >= 0.3 is 0 Å². The van der Waals surface area contributed by atoms with Crippen LogP contribution in [0.1, 0.15) is 19.3 Å². The van der Waals surface area contributed by atoms with Gasteiger partial charge < -0.3 is 25.4 Å². The van der Waals surface area contributed by atoms with Gasteiger partial charge in [-0.15, -0.1) is 24.8 Å². The molecule has 0 aromatic heterocycles. The van der Waals surface area contributed by atoms with Crippen LogP contribution in [0.4, 0.5) is 5.69 Å². The fraction of sp³-hybridized carbons (Fsp3) is 0.588. The molecule has 25 heavy (non-hydrogen) atoms. The maximum absolute atomic E-state index is 12.3. The number of nitrogens with two attached hydrogens (primary N) is 1. The Morgan fingerprint density at radius 2 is 2.08 bits per heavy atom. The summed E-state index contributed by atoms with van der Waals surface area (Å²) in [6, 6.07) is 8.12. The van der Waals surface area contributed by atoms with Gasteiger partial charge in [0.1, 0.15) is 11.9 Å². The Kier molecular flexibility index (Phi) is 8.79. The van der Waals surface area contributed by atoms with E-state index in [1.165, 1.54) is 0 Å². The molecule has 2 aliphatic rings. The highest BCUT2D eigenvalue weighted by atomic mass is 35.5. The van der Waals surface area contributed by atoms with E-state index in [0.717, 1.165) is 43.8 Å². The van der Waals surface area contributed by atoms with Crippen LogP contribution in [0.5, 0.6) is 5.75 Å². The van der Waals surface area contributed by atoms with Gasteiger partial charge in [0.25, 0.3) is 0 Å². The highest BCUT2D eigenvalue weighted by Crippen LogP contribution is 2.30. The average Bonchev–Trinajstić information content (AvgIpc) is 3.24. The van der Waals surface area contributed by atoms with Gasteiger partial charge in [0.15, 0.2) is 0 Å². The second-order valence-electron chi connectivity index (χ2n) is 6.17. The normalized spacial score (nSPS) is 25.0. The Morgan fingerprint density at radius 3 is 2.76 bits per heavy atom. The average molecular weight is 392 g/mol. The minimum Gasteiger partial charge on any atom is -0.495 e. The number of halogens is 2. The van der Waals surface area contributed by atoms with Crippen LogP contribution in [0.15, 0.2) is 24.3 Å². The molecule has 1 unspecified atom stereocenters. The maximum atomic E-state index is 12.3. The number of amides is 1. The number of anilines is 1. The summed E-state index contributed by atoms with van der Waals surface area (Å²) in [6.45, 7) is 2.18. The predicted molar refractivity (Wildman–Crippen MR) is 103 cm³/mol. The summed E-state index contributed by atoms with van der Waals surface area (Å²) < 4.78 is 11.1. The molecular weight excluding hydrogens is 365 g/mol. The second-order valence-corrected chi connectivity index (χ2v) is 6.17. The van der Waals surface area contributed by atoms with Crippen molar-refractivity contribution >= 4 is 36.4 Å². The standard InChI is InChI=1S/C17H25N3O3.2ClH/c1-22-15-5-3-2-4-14(15)20-9-8-12(11-20)19-17(21)16-7-6-13(10-18)23-16;;/h2-5,12-13,16H,6-11,18H2,1H3,(H,19,21);2*1H/t12?,13-,16+;;/m1../s1. The van der Waals surface area contributed by atoms with E-state index in [1.807, 2.05) is 18.2 Å². The number of ether oxygens (including phenoxy) is 2. The van der Waals surface area contributed by atoms with Crippen molar-refractivity contribution in [2.24, 2.45) is 5.73 Å². The Labute approximate surface area is 161 Å². The zero-order valence-electron chi connectivity index (χ0n) is 14.3. The lowest BCUT2D eigenvalue weighted by Crippen LogP contribution is -2.43. The lowest BCUT2D eigenvalue weighted by Gasteiger charge is -2.22. The number of hydrogen-bond donors (Lipinski definition) is 2.